The summed E-state index contributed by atoms with van der Waals surface area (Å²) in [6.45, 7) is 2.61. The SMILES string of the molecule is CC1OCCC12CC(=O)NC(=O)C2. The molecule has 1 spiro atoms. The van der Waals surface area contributed by atoms with Crippen LogP contribution in [0.1, 0.15) is 26.2 Å². The zero-order valence-corrected chi connectivity index (χ0v) is 7.63. The summed E-state index contributed by atoms with van der Waals surface area (Å²) >= 11 is 0. The molecule has 2 aliphatic rings. The summed E-state index contributed by atoms with van der Waals surface area (Å²) in [6, 6.07) is 0. The first-order valence-corrected chi connectivity index (χ1v) is 4.57. The van der Waals surface area contributed by atoms with E-state index in [2.05, 4.69) is 5.32 Å². The van der Waals surface area contributed by atoms with E-state index in [1.54, 1.807) is 0 Å². The van der Waals surface area contributed by atoms with Crippen molar-refractivity contribution in [1.29, 1.82) is 0 Å². The fourth-order valence-corrected chi connectivity index (χ4v) is 2.23. The molecule has 4 nitrogen and oxygen atoms in total. The van der Waals surface area contributed by atoms with Crippen LogP contribution in [0.4, 0.5) is 0 Å². The smallest absolute Gasteiger partial charge is 0.227 e. The van der Waals surface area contributed by atoms with Gasteiger partial charge in [-0.1, -0.05) is 0 Å². The Balaban J connectivity index is 2.21. The van der Waals surface area contributed by atoms with Crippen LogP contribution in [-0.4, -0.2) is 24.5 Å². The van der Waals surface area contributed by atoms with Crippen molar-refractivity contribution in [2.45, 2.75) is 32.3 Å². The molecule has 0 aromatic heterocycles. The highest BCUT2D eigenvalue weighted by Crippen LogP contribution is 2.42. The fourth-order valence-electron chi connectivity index (χ4n) is 2.23. The summed E-state index contributed by atoms with van der Waals surface area (Å²) in [5, 5.41) is 2.32. The summed E-state index contributed by atoms with van der Waals surface area (Å²) in [4.78, 5) is 22.4. The molecule has 2 amide bonds. The molecule has 2 rings (SSSR count). The van der Waals surface area contributed by atoms with Gasteiger partial charge in [-0.25, -0.2) is 0 Å². The maximum Gasteiger partial charge on any atom is 0.227 e. The van der Waals surface area contributed by atoms with Gasteiger partial charge in [0.05, 0.1) is 6.10 Å². The normalized spacial score (nSPS) is 32.2. The lowest BCUT2D eigenvalue weighted by molar-refractivity contribution is -0.139. The van der Waals surface area contributed by atoms with Crippen molar-refractivity contribution >= 4 is 11.8 Å². The van der Waals surface area contributed by atoms with E-state index in [1.165, 1.54) is 0 Å². The van der Waals surface area contributed by atoms with E-state index in [1.807, 2.05) is 6.92 Å². The number of piperidine rings is 1. The number of amides is 2. The standard InChI is InChI=1S/C9H13NO3/c1-6-9(2-3-13-6)4-7(11)10-8(12)5-9/h6H,2-5H2,1H3,(H,10,11,12). The average Bonchev–Trinajstić information content (AvgIpc) is 2.30. The number of hydrogen-bond acceptors (Lipinski definition) is 3. The predicted octanol–water partition coefficient (Wildman–Crippen LogP) is 0.218. The van der Waals surface area contributed by atoms with Gasteiger partial charge in [0.1, 0.15) is 0 Å². The van der Waals surface area contributed by atoms with E-state index in [4.69, 9.17) is 4.74 Å². The molecule has 1 unspecified atom stereocenters. The van der Waals surface area contributed by atoms with Gasteiger partial charge in [0.25, 0.3) is 0 Å². The Morgan fingerprint density at radius 2 is 2.00 bits per heavy atom. The van der Waals surface area contributed by atoms with Gasteiger partial charge < -0.3 is 4.74 Å². The van der Waals surface area contributed by atoms with Crippen molar-refractivity contribution in [2.24, 2.45) is 5.41 Å². The van der Waals surface area contributed by atoms with Crippen molar-refractivity contribution < 1.29 is 14.3 Å². The lowest BCUT2D eigenvalue weighted by atomic mass is 9.73. The van der Waals surface area contributed by atoms with Gasteiger partial charge in [-0.05, 0) is 13.3 Å². The number of hydrogen-bond donors (Lipinski definition) is 1. The second kappa shape index (κ2) is 2.80. The zero-order valence-electron chi connectivity index (χ0n) is 7.63. The Morgan fingerprint density at radius 1 is 1.38 bits per heavy atom. The molecule has 0 bridgehead atoms. The fraction of sp³-hybridized carbons (Fsp3) is 0.778. The van der Waals surface area contributed by atoms with Crippen LogP contribution in [0.2, 0.25) is 0 Å². The van der Waals surface area contributed by atoms with E-state index >= 15 is 0 Å². The van der Waals surface area contributed by atoms with Gasteiger partial charge in [0, 0.05) is 24.9 Å². The van der Waals surface area contributed by atoms with Crippen LogP contribution in [0.5, 0.6) is 0 Å². The third kappa shape index (κ3) is 1.35. The second-order valence-corrected chi connectivity index (χ2v) is 3.95. The van der Waals surface area contributed by atoms with E-state index in [0.29, 0.717) is 19.4 Å². The van der Waals surface area contributed by atoms with Gasteiger partial charge in [-0.3, -0.25) is 14.9 Å². The van der Waals surface area contributed by atoms with Gasteiger partial charge in [-0.15, -0.1) is 0 Å². The quantitative estimate of drug-likeness (QED) is 0.546. The summed E-state index contributed by atoms with van der Waals surface area (Å²) in [5.74, 6) is -0.317. The van der Waals surface area contributed by atoms with Gasteiger partial charge in [0.15, 0.2) is 0 Å². The molecule has 0 aliphatic carbocycles. The minimum Gasteiger partial charge on any atom is -0.378 e. The third-order valence-corrected chi connectivity index (χ3v) is 3.13. The van der Waals surface area contributed by atoms with E-state index < -0.39 is 0 Å². The zero-order chi connectivity index (χ0) is 9.47. The van der Waals surface area contributed by atoms with E-state index in [0.717, 1.165) is 6.42 Å². The lowest BCUT2D eigenvalue weighted by Gasteiger charge is -2.34. The molecule has 0 saturated carbocycles. The summed E-state index contributed by atoms with van der Waals surface area (Å²) in [6.07, 6.45) is 1.72. The first kappa shape index (κ1) is 8.69. The molecule has 2 saturated heterocycles. The molecule has 13 heavy (non-hydrogen) atoms. The second-order valence-electron chi connectivity index (χ2n) is 3.95. The summed E-state index contributed by atoms with van der Waals surface area (Å²) < 4.78 is 5.41. The van der Waals surface area contributed by atoms with Crippen LogP contribution in [0.3, 0.4) is 0 Å². The Kier molecular flexibility index (Phi) is 1.87. The molecular weight excluding hydrogens is 170 g/mol. The number of imide groups is 1. The molecule has 0 radical (unpaired) electrons. The van der Waals surface area contributed by atoms with Crippen LogP contribution in [0.15, 0.2) is 0 Å². The average molecular weight is 183 g/mol. The van der Waals surface area contributed by atoms with Crippen LogP contribution in [0, 0.1) is 5.41 Å². The lowest BCUT2D eigenvalue weighted by Crippen LogP contribution is -2.47. The Morgan fingerprint density at radius 3 is 2.46 bits per heavy atom. The Bertz CT molecular complexity index is 246. The topological polar surface area (TPSA) is 55.4 Å². The number of nitrogens with one attached hydrogen (secondary N) is 1. The van der Waals surface area contributed by atoms with Gasteiger partial charge >= 0.3 is 0 Å². The molecule has 1 atom stereocenters. The first-order valence-electron chi connectivity index (χ1n) is 4.57. The predicted molar refractivity (Wildman–Crippen MR) is 44.8 cm³/mol. The molecule has 0 aromatic carbocycles. The van der Waals surface area contributed by atoms with E-state index in [9.17, 15) is 9.59 Å². The Labute approximate surface area is 76.6 Å². The van der Waals surface area contributed by atoms with Crippen LogP contribution < -0.4 is 5.32 Å². The molecule has 2 fully saturated rings. The molecule has 4 heteroatoms. The molecule has 0 aromatic rings. The number of carbonyl (C=O) groups excluding carboxylic acids is 2. The number of carbonyl (C=O) groups is 2. The molecule has 1 N–H and O–H groups in total. The highest BCUT2D eigenvalue weighted by atomic mass is 16.5. The Hall–Kier alpha value is -0.900. The van der Waals surface area contributed by atoms with Crippen LogP contribution >= 0.6 is 0 Å². The summed E-state index contributed by atoms with van der Waals surface area (Å²) in [5.41, 5.74) is -0.209. The molecule has 2 aliphatic heterocycles. The summed E-state index contributed by atoms with van der Waals surface area (Å²) in [7, 11) is 0. The number of ether oxygens (including phenoxy) is 1. The van der Waals surface area contributed by atoms with E-state index in [-0.39, 0.29) is 23.3 Å². The van der Waals surface area contributed by atoms with Crippen molar-refractivity contribution in [3.63, 3.8) is 0 Å². The first-order chi connectivity index (χ1) is 6.12. The van der Waals surface area contributed by atoms with Gasteiger partial charge in [0.2, 0.25) is 11.8 Å². The van der Waals surface area contributed by atoms with Crippen LogP contribution in [-0.2, 0) is 14.3 Å². The molecule has 72 valence electrons. The highest BCUT2D eigenvalue weighted by molar-refractivity contribution is 5.98. The van der Waals surface area contributed by atoms with Crippen molar-refractivity contribution in [1.82, 2.24) is 5.32 Å². The van der Waals surface area contributed by atoms with Crippen molar-refractivity contribution in [3.05, 3.63) is 0 Å². The van der Waals surface area contributed by atoms with Crippen LogP contribution in [0.25, 0.3) is 0 Å². The molecular formula is C9H13NO3. The molecule has 2 heterocycles. The monoisotopic (exact) mass is 183 g/mol. The maximum absolute atomic E-state index is 11.2. The minimum atomic E-state index is -0.209. The van der Waals surface area contributed by atoms with Crippen molar-refractivity contribution in [2.75, 3.05) is 6.61 Å². The maximum atomic E-state index is 11.2. The third-order valence-electron chi connectivity index (χ3n) is 3.13. The van der Waals surface area contributed by atoms with Gasteiger partial charge in [-0.2, -0.15) is 0 Å². The highest BCUT2D eigenvalue weighted by Gasteiger charge is 2.47. The minimum absolute atomic E-state index is 0.0301. The van der Waals surface area contributed by atoms with Crippen molar-refractivity contribution in [3.8, 4) is 0 Å². The largest absolute Gasteiger partial charge is 0.378 e. The number of rotatable bonds is 0.